The minimum atomic E-state index is -3.43. The fraction of sp³-hybridized carbons (Fsp3) is 0.611. The molecule has 0 bridgehead atoms. The highest BCUT2D eigenvalue weighted by molar-refractivity contribution is 7.89. The molecule has 2 N–H and O–H groups in total. The molecule has 2 aromatic carbocycles. The van der Waals surface area contributed by atoms with Gasteiger partial charge in [0, 0.05) is 61.8 Å². The number of anilines is 2. The predicted molar refractivity (Wildman–Crippen MR) is 196 cm³/mol. The number of sulfonamides is 2. The number of carbonyl (C=O) groups excluding carboxylic acids is 2. The van der Waals surface area contributed by atoms with Crippen LogP contribution in [0, 0.1) is 0 Å². The van der Waals surface area contributed by atoms with Crippen molar-refractivity contribution in [2.24, 2.45) is 0 Å². The van der Waals surface area contributed by atoms with Crippen LogP contribution in [0.25, 0.3) is 0 Å². The maximum atomic E-state index is 13.8. The summed E-state index contributed by atoms with van der Waals surface area (Å²) in [6.07, 6.45) is 7.62. The average molecular weight is 705 g/mol. The summed E-state index contributed by atoms with van der Waals surface area (Å²) in [5, 5.41) is 6.49. The van der Waals surface area contributed by atoms with E-state index < -0.39 is 20.0 Å². The van der Waals surface area contributed by atoms with Crippen molar-refractivity contribution >= 4 is 43.0 Å². The fourth-order valence-electron chi connectivity index (χ4n) is 5.85. The molecule has 12 heteroatoms. The minimum Gasteiger partial charge on any atom is -0.384 e. The zero-order valence-corrected chi connectivity index (χ0v) is 31.0. The summed E-state index contributed by atoms with van der Waals surface area (Å²) < 4.78 is 55.7. The Labute approximate surface area is 289 Å². The monoisotopic (exact) mass is 704 g/mol. The number of carbonyl (C=O) groups is 2. The molecule has 0 amide bonds. The van der Waals surface area contributed by atoms with E-state index >= 15 is 0 Å². The first kappa shape index (κ1) is 39.6. The Morgan fingerprint density at radius 3 is 1.17 bits per heavy atom. The van der Waals surface area contributed by atoms with Crippen molar-refractivity contribution in [1.82, 2.24) is 8.61 Å². The summed E-state index contributed by atoms with van der Waals surface area (Å²) in [5.74, 6) is -0.589. The molecule has 0 aliphatic heterocycles. The molecule has 10 nitrogen and oxygen atoms in total. The molecule has 0 spiro atoms. The van der Waals surface area contributed by atoms with E-state index in [1.165, 1.54) is 0 Å². The number of fused-ring (bicyclic) bond motifs is 2. The topological polar surface area (TPSA) is 133 Å². The Balaban J connectivity index is 1.76. The molecule has 1 aliphatic rings. The molecule has 0 radical (unpaired) electrons. The van der Waals surface area contributed by atoms with Crippen LogP contribution in [-0.2, 0) is 20.0 Å². The molecule has 0 atom stereocenters. The van der Waals surface area contributed by atoms with E-state index in [2.05, 4.69) is 10.6 Å². The highest BCUT2D eigenvalue weighted by Gasteiger charge is 2.34. The highest BCUT2D eigenvalue weighted by atomic mass is 32.2. The first-order chi connectivity index (χ1) is 23.0. The van der Waals surface area contributed by atoms with Gasteiger partial charge in [-0.3, -0.25) is 9.59 Å². The number of hydrogen-bond acceptors (Lipinski definition) is 8. The van der Waals surface area contributed by atoms with E-state index in [4.69, 9.17) is 0 Å². The first-order valence-electron chi connectivity index (χ1n) is 17.8. The lowest BCUT2D eigenvalue weighted by atomic mass is 9.82. The molecule has 0 fully saturated rings. The van der Waals surface area contributed by atoms with Gasteiger partial charge in [0.1, 0.15) is 0 Å². The van der Waals surface area contributed by atoms with E-state index in [-0.39, 0.29) is 34.2 Å². The Kier molecular flexibility index (Phi) is 16.0. The summed E-state index contributed by atoms with van der Waals surface area (Å²) in [6, 6.07) is 10.2. The quantitative estimate of drug-likeness (QED) is 0.101. The summed E-state index contributed by atoms with van der Waals surface area (Å²) in [7, 11) is -6.85. The van der Waals surface area contributed by atoms with Crippen LogP contribution in [-0.4, -0.2) is 87.8 Å². The Morgan fingerprint density at radius 2 is 0.854 bits per heavy atom. The van der Waals surface area contributed by atoms with E-state index in [1.807, 2.05) is 27.7 Å². The van der Waals surface area contributed by atoms with E-state index in [1.54, 1.807) is 45.0 Å². The fourth-order valence-corrected chi connectivity index (χ4v) is 9.01. The molecule has 2 aromatic rings. The molecule has 0 unspecified atom stereocenters. The third-order valence-electron chi connectivity index (χ3n) is 8.70. The van der Waals surface area contributed by atoms with Gasteiger partial charge < -0.3 is 10.6 Å². The highest BCUT2D eigenvalue weighted by Crippen LogP contribution is 2.36. The molecule has 0 aromatic heterocycles. The van der Waals surface area contributed by atoms with Gasteiger partial charge in [-0.25, -0.2) is 25.4 Å². The normalized spacial score (nSPS) is 13.2. The summed E-state index contributed by atoms with van der Waals surface area (Å²) in [4.78, 5) is 27.6. The van der Waals surface area contributed by atoms with Gasteiger partial charge in [-0.1, -0.05) is 77.6 Å². The molecule has 0 saturated heterocycles. The van der Waals surface area contributed by atoms with Gasteiger partial charge in [0.05, 0.1) is 22.6 Å². The lowest BCUT2D eigenvalue weighted by molar-refractivity contribution is 0.0980. The lowest BCUT2D eigenvalue weighted by Crippen LogP contribution is -2.35. The second kappa shape index (κ2) is 19.4. The third kappa shape index (κ3) is 10.6. The number of rotatable bonds is 24. The standard InChI is InChI=1S/C36H56N4O6S2/c1-5-9-23-39(24-10-6-2)47(43,44)27-15-21-37-31-19-20-32(34-33(31)35(41)29-17-13-14-18-30(29)36(34)42)38-22-16-28-48(45,46)40(25-11-7-3)26-12-8-4/h13-14,17-20,37-38H,5-12,15-16,21-28H2,1-4H3. The minimum absolute atomic E-state index is 0.0117. The van der Waals surface area contributed by atoms with Crippen molar-refractivity contribution in [3.63, 3.8) is 0 Å². The molecule has 268 valence electrons. The van der Waals surface area contributed by atoms with Crippen molar-refractivity contribution in [3.8, 4) is 0 Å². The lowest BCUT2D eigenvalue weighted by Gasteiger charge is -2.25. The van der Waals surface area contributed by atoms with Crippen LogP contribution in [0.15, 0.2) is 36.4 Å². The van der Waals surface area contributed by atoms with Gasteiger partial charge in [-0.15, -0.1) is 0 Å². The third-order valence-corrected chi connectivity index (χ3v) is 12.6. The van der Waals surface area contributed by atoms with Crippen LogP contribution in [0.4, 0.5) is 11.4 Å². The molecule has 0 heterocycles. The summed E-state index contributed by atoms with van der Waals surface area (Å²) in [6.45, 7) is 10.9. The van der Waals surface area contributed by atoms with Gasteiger partial charge in [-0.05, 0) is 50.7 Å². The molecular weight excluding hydrogens is 649 g/mol. The number of nitrogens with one attached hydrogen (secondary N) is 2. The van der Waals surface area contributed by atoms with Gasteiger partial charge in [0.15, 0.2) is 11.6 Å². The number of hydrogen-bond donors (Lipinski definition) is 2. The smallest absolute Gasteiger partial charge is 0.214 e. The maximum absolute atomic E-state index is 13.8. The summed E-state index contributed by atoms with van der Waals surface area (Å²) >= 11 is 0. The molecular formula is C36H56N4O6S2. The molecule has 1 aliphatic carbocycles. The van der Waals surface area contributed by atoms with Gasteiger partial charge in [0.25, 0.3) is 0 Å². The maximum Gasteiger partial charge on any atom is 0.214 e. The zero-order valence-electron chi connectivity index (χ0n) is 29.4. The van der Waals surface area contributed by atoms with E-state index in [9.17, 15) is 26.4 Å². The van der Waals surface area contributed by atoms with Crippen molar-refractivity contribution < 1.29 is 26.4 Å². The Morgan fingerprint density at radius 1 is 0.521 bits per heavy atom. The second-order valence-corrected chi connectivity index (χ2v) is 16.7. The first-order valence-corrected chi connectivity index (χ1v) is 21.0. The number of nitrogens with zero attached hydrogens (tertiary/aromatic N) is 2. The van der Waals surface area contributed by atoms with E-state index in [0.29, 0.717) is 74.6 Å². The predicted octanol–water partition coefficient (Wildman–Crippen LogP) is 6.53. The molecule has 48 heavy (non-hydrogen) atoms. The van der Waals surface area contributed by atoms with Crippen LogP contribution >= 0.6 is 0 Å². The molecule has 3 rings (SSSR count). The Hall–Kier alpha value is -2.80. The largest absolute Gasteiger partial charge is 0.384 e. The van der Waals surface area contributed by atoms with Crippen LogP contribution < -0.4 is 10.6 Å². The van der Waals surface area contributed by atoms with E-state index in [0.717, 1.165) is 51.4 Å². The van der Waals surface area contributed by atoms with Crippen molar-refractivity contribution in [2.45, 2.75) is 91.9 Å². The van der Waals surface area contributed by atoms with Crippen LogP contribution in [0.2, 0.25) is 0 Å². The zero-order chi connectivity index (χ0) is 35.2. The van der Waals surface area contributed by atoms with Crippen molar-refractivity contribution in [3.05, 3.63) is 58.7 Å². The van der Waals surface area contributed by atoms with Crippen molar-refractivity contribution in [2.75, 3.05) is 61.4 Å². The second-order valence-electron chi connectivity index (χ2n) is 12.5. The van der Waals surface area contributed by atoms with Crippen LogP contribution in [0.3, 0.4) is 0 Å². The van der Waals surface area contributed by atoms with Gasteiger partial charge >= 0.3 is 0 Å². The Bertz CT molecular complexity index is 1440. The number of ketones is 2. The summed E-state index contributed by atoms with van der Waals surface area (Å²) in [5.41, 5.74) is 2.09. The molecule has 0 saturated carbocycles. The van der Waals surface area contributed by atoms with Gasteiger partial charge in [-0.2, -0.15) is 0 Å². The SMILES string of the molecule is CCCCN(CCCC)S(=O)(=O)CCCNc1ccc(NCCCS(=O)(=O)N(CCCC)CCCC)c2c1C(=O)c1ccccc1C2=O. The van der Waals surface area contributed by atoms with Gasteiger partial charge in [0.2, 0.25) is 20.0 Å². The average Bonchev–Trinajstić information content (AvgIpc) is 3.07. The van der Waals surface area contributed by atoms with Crippen LogP contribution in [0.1, 0.15) is 124 Å². The number of unbranched alkanes of at least 4 members (excludes halogenated alkanes) is 4. The van der Waals surface area contributed by atoms with Crippen molar-refractivity contribution in [1.29, 1.82) is 0 Å². The van der Waals surface area contributed by atoms with Crippen LogP contribution in [0.5, 0.6) is 0 Å². The number of benzene rings is 2.